The molecule has 3 heterocycles. The zero-order chi connectivity index (χ0) is 11.7. The first kappa shape index (κ1) is 11.0. The highest BCUT2D eigenvalue weighted by molar-refractivity contribution is 7.19. The fourth-order valence-electron chi connectivity index (χ4n) is 2.22. The number of rotatable bonds is 2. The Morgan fingerprint density at radius 1 is 1.41 bits per heavy atom. The number of hydrogen-bond donors (Lipinski definition) is 1. The van der Waals surface area contributed by atoms with Crippen LogP contribution in [0.4, 0.5) is 0 Å². The number of ether oxygens (including phenoxy) is 1. The van der Waals surface area contributed by atoms with Crippen molar-refractivity contribution >= 4 is 21.6 Å². The highest BCUT2D eigenvalue weighted by Crippen LogP contribution is 2.32. The highest BCUT2D eigenvalue weighted by atomic mass is 32.1. The Balaban J connectivity index is 1.88. The molecule has 1 fully saturated rings. The summed E-state index contributed by atoms with van der Waals surface area (Å²) in [6.45, 7) is 4.23. The van der Waals surface area contributed by atoms with E-state index in [1.165, 1.54) is 9.58 Å². The number of aryl methyl sites for hydroxylation is 1. The van der Waals surface area contributed by atoms with Crippen molar-refractivity contribution in [3.05, 3.63) is 23.2 Å². The van der Waals surface area contributed by atoms with Gasteiger partial charge >= 0.3 is 0 Å². The van der Waals surface area contributed by atoms with Crippen LogP contribution in [0, 0.1) is 6.92 Å². The predicted octanol–water partition coefficient (Wildman–Crippen LogP) is 2.74. The van der Waals surface area contributed by atoms with E-state index in [4.69, 9.17) is 4.74 Å². The maximum Gasteiger partial charge on any atom is 0.140 e. The molecular formula is C13H16N2OS. The monoisotopic (exact) mass is 248 g/mol. The number of aromatic nitrogens is 1. The molecule has 1 saturated heterocycles. The lowest BCUT2D eigenvalue weighted by Crippen LogP contribution is -2.34. The Labute approximate surface area is 105 Å². The van der Waals surface area contributed by atoms with Crippen LogP contribution < -0.4 is 10.1 Å². The van der Waals surface area contributed by atoms with E-state index in [0.29, 0.717) is 6.10 Å². The van der Waals surface area contributed by atoms with Gasteiger partial charge in [0, 0.05) is 11.1 Å². The van der Waals surface area contributed by atoms with Crippen LogP contribution in [0.5, 0.6) is 5.75 Å². The molecule has 4 heteroatoms. The fraction of sp³-hybridized carbons (Fsp3) is 0.462. The van der Waals surface area contributed by atoms with Gasteiger partial charge in [-0.05, 0) is 45.0 Å². The van der Waals surface area contributed by atoms with Crippen molar-refractivity contribution in [3.8, 4) is 5.75 Å². The van der Waals surface area contributed by atoms with Crippen LogP contribution in [0.25, 0.3) is 10.2 Å². The zero-order valence-electron chi connectivity index (χ0n) is 9.90. The smallest absolute Gasteiger partial charge is 0.140 e. The third kappa shape index (κ3) is 2.28. The molecule has 2 aromatic heterocycles. The minimum Gasteiger partial charge on any atom is -0.489 e. The number of piperidine rings is 1. The lowest BCUT2D eigenvalue weighted by molar-refractivity contribution is 0.165. The number of nitrogens with one attached hydrogen (secondary N) is 1. The minimum absolute atomic E-state index is 0.351. The summed E-state index contributed by atoms with van der Waals surface area (Å²) in [4.78, 5) is 5.66. The van der Waals surface area contributed by atoms with Gasteiger partial charge in [0.15, 0.2) is 0 Å². The molecule has 0 bridgehead atoms. The van der Waals surface area contributed by atoms with E-state index in [0.717, 1.165) is 37.2 Å². The molecule has 3 nitrogen and oxygen atoms in total. The van der Waals surface area contributed by atoms with Crippen LogP contribution in [0.1, 0.15) is 17.7 Å². The summed E-state index contributed by atoms with van der Waals surface area (Å²) in [7, 11) is 0. The van der Waals surface area contributed by atoms with Gasteiger partial charge in [-0.25, -0.2) is 0 Å². The van der Waals surface area contributed by atoms with Gasteiger partial charge in [0.1, 0.15) is 11.9 Å². The van der Waals surface area contributed by atoms with Crippen molar-refractivity contribution in [2.75, 3.05) is 13.1 Å². The van der Waals surface area contributed by atoms with E-state index in [-0.39, 0.29) is 0 Å². The van der Waals surface area contributed by atoms with Crippen molar-refractivity contribution in [2.45, 2.75) is 25.9 Å². The fourth-order valence-corrected chi connectivity index (χ4v) is 3.15. The van der Waals surface area contributed by atoms with Gasteiger partial charge < -0.3 is 10.1 Å². The molecule has 1 aliphatic heterocycles. The molecule has 0 atom stereocenters. The lowest BCUT2D eigenvalue weighted by Gasteiger charge is -2.23. The van der Waals surface area contributed by atoms with Gasteiger partial charge in [0.25, 0.3) is 0 Å². The van der Waals surface area contributed by atoms with Gasteiger partial charge in [-0.3, -0.25) is 4.98 Å². The van der Waals surface area contributed by atoms with Gasteiger partial charge in [-0.1, -0.05) is 0 Å². The molecular weight excluding hydrogens is 232 g/mol. The van der Waals surface area contributed by atoms with E-state index in [1.54, 1.807) is 11.3 Å². The Morgan fingerprint density at radius 3 is 3.06 bits per heavy atom. The van der Waals surface area contributed by atoms with Crippen LogP contribution >= 0.6 is 11.3 Å². The zero-order valence-corrected chi connectivity index (χ0v) is 10.7. The number of hydrogen-bond acceptors (Lipinski definition) is 4. The van der Waals surface area contributed by atoms with Crippen molar-refractivity contribution in [2.24, 2.45) is 0 Å². The molecule has 17 heavy (non-hydrogen) atoms. The summed E-state index contributed by atoms with van der Waals surface area (Å²) in [5.41, 5.74) is 1.05. The van der Waals surface area contributed by atoms with Crippen LogP contribution in [0.3, 0.4) is 0 Å². The SMILES string of the molecule is Cc1cc2nccc(OC3CCNCC3)c2s1. The van der Waals surface area contributed by atoms with Crippen molar-refractivity contribution in [1.82, 2.24) is 10.3 Å². The van der Waals surface area contributed by atoms with E-state index in [9.17, 15) is 0 Å². The second-order valence-corrected chi connectivity index (χ2v) is 5.70. The number of fused-ring (bicyclic) bond motifs is 1. The van der Waals surface area contributed by atoms with Gasteiger partial charge in [0.2, 0.25) is 0 Å². The molecule has 2 aromatic rings. The van der Waals surface area contributed by atoms with E-state index >= 15 is 0 Å². The van der Waals surface area contributed by atoms with Gasteiger partial charge in [0.05, 0.1) is 10.2 Å². The Hall–Kier alpha value is -1.13. The van der Waals surface area contributed by atoms with Crippen molar-refractivity contribution in [3.63, 3.8) is 0 Å². The molecule has 90 valence electrons. The Kier molecular flexibility index (Phi) is 2.99. The Morgan fingerprint density at radius 2 is 2.24 bits per heavy atom. The second kappa shape index (κ2) is 4.63. The molecule has 1 N–H and O–H groups in total. The average Bonchev–Trinajstić information content (AvgIpc) is 2.72. The first-order valence-electron chi connectivity index (χ1n) is 6.05. The Bertz CT molecular complexity index is 517. The summed E-state index contributed by atoms with van der Waals surface area (Å²) in [5, 5.41) is 3.35. The first-order chi connectivity index (χ1) is 8.33. The summed E-state index contributed by atoms with van der Waals surface area (Å²) < 4.78 is 7.30. The van der Waals surface area contributed by atoms with E-state index in [2.05, 4.69) is 23.3 Å². The molecule has 0 spiro atoms. The molecule has 0 unspecified atom stereocenters. The van der Waals surface area contributed by atoms with E-state index in [1.807, 2.05) is 12.3 Å². The summed E-state index contributed by atoms with van der Waals surface area (Å²) in [6.07, 6.45) is 4.37. The molecule has 0 aliphatic carbocycles. The van der Waals surface area contributed by atoms with E-state index < -0.39 is 0 Å². The molecule has 0 amide bonds. The quantitative estimate of drug-likeness (QED) is 0.887. The van der Waals surface area contributed by atoms with Crippen molar-refractivity contribution < 1.29 is 4.74 Å². The normalized spacial score (nSPS) is 17.5. The average molecular weight is 248 g/mol. The molecule has 0 aromatic carbocycles. The maximum absolute atomic E-state index is 6.11. The van der Waals surface area contributed by atoms with Gasteiger partial charge in [-0.15, -0.1) is 11.3 Å². The second-order valence-electron chi connectivity index (χ2n) is 4.45. The molecule has 0 radical (unpaired) electrons. The summed E-state index contributed by atoms with van der Waals surface area (Å²) in [5.74, 6) is 1.00. The third-order valence-corrected chi connectivity index (χ3v) is 4.13. The highest BCUT2D eigenvalue weighted by Gasteiger charge is 2.16. The molecule has 3 rings (SSSR count). The van der Waals surface area contributed by atoms with Crippen molar-refractivity contribution in [1.29, 1.82) is 0 Å². The maximum atomic E-state index is 6.11. The van der Waals surface area contributed by atoms with Crippen LogP contribution in [0.15, 0.2) is 18.3 Å². The van der Waals surface area contributed by atoms with Crippen LogP contribution in [-0.2, 0) is 0 Å². The lowest BCUT2D eigenvalue weighted by atomic mass is 10.1. The predicted molar refractivity (Wildman–Crippen MR) is 70.9 cm³/mol. The largest absolute Gasteiger partial charge is 0.489 e. The first-order valence-corrected chi connectivity index (χ1v) is 6.87. The standard InChI is InChI=1S/C13H16N2OS/c1-9-8-11-13(17-9)12(4-7-15-11)16-10-2-5-14-6-3-10/h4,7-8,10,14H,2-3,5-6H2,1H3. The molecule has 0 saturated carbocycles. The summed E-state index contributed by atoms with van der Waals surface area (Å²) in [6, 6.07) is 4.11. The molecule has 1 aliphatic rings. The minimum atomic E-state index is 0.351. The topological polar surface area (TPSA) is 34.1 Å². The third-order valence-electron chi connectivity index (χ3n) is 3.08. The number of thiophene rings is 1. The number of nitrogens with zero attached hydrogens (tertiary/aromatic N) is 1. The summed E-state index contributed by atoms with van der Waals surface area (Å²) >= 11 is 1.76. The van der Waals surface area contributed by atoms with Crippen LogP contribution in [0.2, 0.25) is 0 Å². The number of pyridine rings is 1. The van der Waals surface area contributed by atoms with Gasteiger partial charge in [-0.2, -0.15) is 0 Å². The van der Waals surface area contributed by atoms with Crippen LogP contribution in [-0.4, -0.2) is 24.2 Å².